The number of carboxylic acid groups (broad SMARTS) is 1. The third kappa shape index (κ3) is 23.1. The highest BCUT2D eigenvalue weighted by molar-refractivity contribution is 6.40. The molecule has 1 aromatic carbocycles. The number of ether oxygens (including phenoxy) is 2. The number of carbonyl (C=O) groups is 9. The molecule has 1 aliphatic heterocycles. The predicted molar refractivity (Wildman–Crippen MR) is 292 cm³/mol. The van der Waals surface area contributed by atoms with Crippen molar-refractivity contribution in [2.24, 2.45) is 45.1 Å². The van der Waals surface area contributed by atoms with E-state index in [2.05, 4.69) is 42.2 Å². The highest BCUT2D eigenvalue weighted by Gasteiger charge is 2.39. The van der Waals surface area contributed by atoms with Crippen LogP contribution >= 0.6 is 0 Å². The number of nitrogens with zero attached hydrogens (tertiary/aromatic N) is 2. The largest absolute Gasteiger partial charge is 0.493 e. The van der Waals surface area contributed by atoms with Gasteiger partial charge >= 0.3 is 5.97 Å². The fourth-order valence-corrected chi connectivity index (χ4v) is 8.07. The number of nitrogens with one attached hydrogen (secondary N) is 8. The van der Waals surface area contributed by atoms with Gasteiger partial charge in [-0.15, -0.1) is 0 Å². The van der Waals surface area contributed by atoms with Crippen LogP contribution in [0.15, 0.2) is 35.0 Å². The van der Waals surface area contributed by atoms with E-state index in [0.29, 0.717) is 50.0 Å². The number of methoxy groups -OCH3 is 2. The fraction of sp³-hybridized carbons (Fsp3) is 0.612. The van der Waals surface area contributed by atoms with Gasteiger partial charge in [-0.05, 0) is 102 Å². The van der Waals surface area contributed by atoms with E-state index in [1.54, 1.807) is 18.2 Å². The van der Waals surface area contributed by atoms with Gasteiger partial charge in [0.1, 0.15) is 41.6 Å². The number of likely N-dealkylation sites (tertiary alicyclic amines) is 1. The first-order chi connectivity index (χ1) is 38.1. The predicted octanol–water partition coefficient (Wildman–Crippen LogP) is -6.82. The monoisotopic (exact) mass is 1130 g/mol. The van der Waals surface area contributed by atoms with E-state index < -0.39 is 127 Å². The topological polar surface area (TPSA) is 539 Å². The molecule has 1 saturated heterocycles. The summed E-state index contributed by atoms with van der Waals surface area (Å²) in [4.78, 5) is 127. The smallest absolute Gasteiger partial charge is 0.352 e. The number of nitrogens with two attached hydrogens (primary N) is 7. The van der Waals surface area contributed by atoms with Crippen LogP contribution in [0, 0.1) is 5.41 Å². The third-order valence-electron chi connectivity index (χ3n) is 12.5. The molecule has 0 bridgehead atoms. The molecule has 0 spiro atoms. The van der Waals surface area contributed by atoms with Gasteiger partial charge < -0.3 is 107 Å². The molecule has 25 N–H and O–H groups in total. The van der Waals surface area contributed by atoms with Crippen molar-refractivity contribution in [3.05, 3.63) is 35.5 Å². The van der Waals surface area contributed by atoms with E-state index in [1.165, 1.54) is 20.3 Å². The van der Waals surface area contributed by atoms with Crippen LogP contribution < -0.4 is 86.8 Å². The van der Waals surface area contributed by atoms with Crippen LogP contribution in [-0.2, 0) is 49.6 Å². The molecular formula is C49H83N17O14. The summed E-state index contributed by atoms with van der Waals surface area (Å²) < 4.78 is 10.8. The van der Waals surface area contributed by atoms with Crippen LogP contribution in [0.2, 0.25) is 0 Å². The molecule has 0 aromatic heterocycles. The van der Waals surface area contributed by atoms with Gasteiger partial charge in [-0.3, -0.25) is 43.8 Å². The Hall–Kier alpha value is -7.39. The summed E-state index contributed by atoms with van der Waals surface area (Å²) in [5.74, 6) is -8.79. The molecular weight excluding hydrogens is 1050 g/mol. The lowest BCUT2D eigenvalue weighted by Crippen LogP contribution is -2.63. The number of rotatable bonds is 37. The Morgan fingerprint density at radius 2 is 1.38 bits per heavy atom. The van der Waals surface area contributed by atoms with E-state index in [4.69, 9.17) is 55.0 Å². The number of benzene rings is 1. The van der Waals surface area contributed by atoms with Crippen LogP contribution in [-0.4, -0.2) is 200 Å². The van der Waals surface area contributed by atoms with E-state index in [0.717, 1.165) is 4.90 Å². The summed E-state index contributed by atoms with van der Waals surface area (Å²) in [6.45, 7) is -1.26. The maximum absolute atomic E-state index is 14.4. The van der Waals surface area contributed by atoms with Gasteiger partial charge in [0.2, 0.25) is 35.4 Å². The van der Waals surface area contributed by atoms with Crippen molar-refractivity contribution in [1.82, 2.24) is 42.1 Å². The molecule has 0 unspecified atom stereocenters. The first kappa shape index (κ1) is 68.7. The number of amides is 8. The number of hydrogen-bond donors (Lipinski definition) is 18. The lowest BCUT2D eigenvalue weighted by molar-refractivity contribution is -0.137. The number of carbonyl (C=O) groups excluding carboxylic acids is 8. The second kappa shape index (κ2) is 36.7. The number of aliphatic carboxylic acids is 1. The SMILES string of the molecule is COc1ccc(C[C@H](NC(=O)[C@@H]2CCCN2C(=O)/C(CCCN)=N/C(=O)CNC(=O)[C@@H](NC(=O)[C@@H](NC(=O)[C@@H](N)CCCCN)[C@@H](O)CN)[C@@H](O)CN)C(=O)N[C@@H](CCCCN)C(=O)N/C(=C\CCNC(=N)N)C(=O)O)cc1OC. The summed E-state index contributed by atoms with van der Waals surface area (Å²) in [5, 5.41) is 55.3. The van der Waals surface area contributed by atoms with Gasteiger partial charge in [0.05, 0.1) is 39.0 Å². The second-order valence-corrected chi connectivity index (χ2v) is 18.5. The van der Waals surface area contributed by atoms with Crippen molar-refractivity contribution in [3.63, 3.8) is 0 Å². The standard InChI is InChI=1S/C49H83N17O14/c1-79-36-16-15-27(23-37(36)80-2)22-32(43(72)61-29(11-4-6-18-51)42(71)62-31(48(77)78)13-8-20-58-49(56)57)63-44(73)33-14-9-21-66(33)47(76)30(12-7-19-52)60-38(69)26-59-45(74)39(34(67)24-53)65-46(75)40(35(68)25-54)64-41(70)28(55)10-3-5-17-50/h13,15-16,23,28-29,32-35,39-40,67-68H,3-12,14,17-22,24-26,50-55H2,1-2H3,(H,59,74)(H,61,72)(H,62,71)(H,63,73)(H,64,70)(H,65,75)(H,77,78)(H4,56,57,58)/b31-13-,60-30+/t28-,29-,32-,33-,34-,35-,39-,40-/m0/s1. The van der Waals surface area contributed by atoms with Crippen LogP contribution in [0.25, 0.3) is 0 Å². The van der Waals surface area contributed by atoms with Crippen molar-refractivity contribution in [1.29, 1.82) is 5.41 Å². The number of unbranched alkanes of at least 4 members (excludes halogenated alkanes) is 2. The van der Waals surface area contributed by atoms with Gasteiger partial charge in [0.25, 0.3) is 11.8 Å². The number of aliphatic hydroxyl groups excluding tert-OH is 2. The summed E-state index contributed by atoms with van der Waals surface area (Å²) in [5.41, 5.74) is 39.0. The van der Waals surface area contributed by atoms with Crippen LogP contribution in [0.4, 0.5) is 0 Å². The molecule has 8 atom stereocenters. The molecule has 31 heteroatoms. The van der Waals surface area contributed by atoms with Gasteiger partial charge in [0.15, 0.2) is 17.5 Å². The van der Waals surface area contributed by atoms with E-state index >= 15 is 0 Å². The minimum absolute atomic E-state index is 0.00252. The average molecular weight is 1130 g/mol. The molecule has 0 aliphatic carbocycles. The zero-order chi connectivity index (χ0) is 59.9. The van der Waals surface area contributed by atoms with Gasteiger partial charge in [0, 0.05) is 32.6 Å². The van der Waals surface area contributed by atoms with E-state index in [-0.39, 0.29) is 88.5 Å². The van der Waals surface area contributed by atoms with Crippen molar-refractivity contribution in [2.75, 3.05) is 66.6 Å². The highest BCUT2D eigenvalue weighted by Crippen LogP contribution is 2.28. The molecule has 2 rings (SSSR count). The quantitative estimate of drug-likeness (QED) is 0.0127. The van der Waals surface area contributed by atoms with E-state index in [1.807, 2.05) is 0 Å². The van der Waals surface area contributed by atoms with Crippen molar-refractivity contribution in [2.45, 2.75) is 126 Å². The number of guanidine groups is 1. The van der Waals surface area contributed by atoms with Crippen molar-refractivity contribution >= 4 is 64.9 Å². The average Bonchev–Trinajstić information content (AvgIpc) is 3.94. The number of carboxylic acids is 1. The van der Waals surface area contributed by atoms with Crippen LogP contribution in [0.5, 0.6) is 11.5 Å². The van der Waals surface area contributed by atoms with Gasteiger partial charge in [-0.25, -0.2) is 9.79 Å². The number of aliphatic imine (C=N–C) groups is 1. The van der Waals surface area contributed by atoms with Crippen molar-refractivity contribution in [3.8, 4) is 11.5 Å². The molecule has 80 heavy (non-hydrogen) atoms. The molecule has 0 saturated carbocycles. The molecule has 0 radical (unpaired) electrons. The minimum atomic E-state index is -1.86. The van der Waals surface area contributed by atoms with Gasteiger partial charge in [-0.1, -0.05) is 18.6 Å². The fourth-order valence-electron chi connectivity index (χ4n) is 8.07. The van der Waals surface area contributed by atoms with Crippen LogP contribution in [0.1, 0.15) is 76.2 Å². The van der Waals surface area contributed by atoms with Crippen molar-refractivity contribution < 1.29 is 67.9 Å². The maximum Gasteiger partial charge on any atom is 0.352 e. The number of hydrogen-bond acceptors (Lipinski definition) is 20. The lowest BCUT2D eigenvalue weighted by Gasteiger charge is -2.28. The zero-order valence-corrected chi connectivity index (χ0v) is 45.3. The maximum atomic E-state index is 14.4. The second-order valence-electron chi connectivity index (χ2n) is 18.5. The summed E-state index contributed by atoms with van der Waals surface area (Å²) >= 11 is 0. The van der Waals surface area contributed by atoms with Crippen LogP contribution in [0.3, 0.4) is 0 Å². The third-order valence-corrected chi connectivity index (χ3v) is 12.5. The zero-order valence-electron chi connectivity index (χ0n) is 45.3. The Morgan fingerprint density at radius 3 is 1.96 bits per heavy atom. The molecule has 448 valence electrons. The normalized spacial score (nSPS) is 16.1. The Balaban J connectivity index is 2.44. The molecule has 1 aliphatic rings. The molecule has 31 nitrogen and oxygen atoms in total. The first-order valence-corrected chi connectivity index (χ1v) is 26.2. The Labute approximate surface area is 463 Å². The molecule has 1 aromatic rings. The number of aliphatic hydroxyl groups is 2. The molecule has 8 amide bonds. The summed E-state index contributed by atoms with van der Waals surface area (Å²) in [6.07, 6.45) is 0.0190. The highest BCUT2D eigenvalue weighted by atomic mass is 16.5. The summed E-state index contributed by atoms with van der Waals surface area (Å²) in [7, 11) is 2.82. The first-order valence-electron chi connectivity index (χ1n) is 26.2. The Morgan fingerprint density at radius 1 is 0.762 bits per heavy atom. The van der Waals surface area contributed by atoms with Gasteiger partial charge in [-0.2, -0.15) is 0 Å². The Kier molecular flexibility index (Phi) is 31.5. The molecule has 1 heterocycles. The minimum Gasteiger partial charge on any atom is -0.493 e. The lowest BCUT2D eigenvalue weighted by atomic mass is 10.0. The Bertz CT molecular complexity index is 2320. The molecule has 1 fully saturated rings. The van der Waals surface area contributed by atoms with E-state index in [9.17, 15) is 58.5 Å². The summed E-state index contributed by atoms with van der Waals surface area (Å²) in [6, 6.07) is -3.95.